The lowest BCUT2D eigenvalue weighted by Crippen LogP contribution is -2.07. The normalized spacial score (nSPS) is 14.9. The number of imidazole rings is 1. The van der Waals surface area contributed by atoms with Gasteiger partial charge in [-0.15, -0.1) is 11.8 Å². The van der Waals surface area contributed by atoms with Crippen molar-refractivity contribution < 1.29 is 4.92 Å². The number of hydrogen-bond acceptors (Lipinski definition) is 6. The van der Waals surface area contributed by atoms with Gasteiger partial charge < -0.3 is 10.1 Å². The minimum Gasteiger partial charge on any atom is -0.358 e. The molecule has 0 amide bonds. The molecule has 1 aliphatic carbocycles. The van der Waals surface area contributed by atoms with Gasteiger partial charge in [0.25, 0.3) is 0 Å². The molecule has 1 aliphatic rings. The van der Waals surface area contributed by atoms with Crippen molar-refractivity contribution in [2.24, 2.45) is 0 Å². The Morgan fingerprint density at radius 2 is 2.00 bits per heavy atom. The first-order valence-corrected chi connectivity index (χ1v) is 10.6. The summed E-state index contributed by atoms with van der Waals surface area (Å²) >= 11 is 1.63. The van der Waals surface area contributed by atoms with Gasteiger partial charge in [0.2, 0.25) is 5.82 Å². The Morgan fingerprint density at radius 1 is 1.18 bits per heavy atom. The van der Waals surface area contributed by atoms with Crippen LogP contribution in [0, 0.1) is 10.1 Å². The van der Waals surface area contributed by atoms with Gasteiger partial charge in [0.1, 0.15) is 11.4 Å². The second kappa shape index (κ2) is 8.10. The fourth-order valence-electron chi connectivity index (χ4n) is 3.73. The number of nitrogens with one attached hydrogen (secondary N) is 1. The smallest absolute Gasteiger partial charge is 0.344 e. The molecular weight excluding hydrogens is 374 g/mol. The van der Waals surface area contributed by atoms with Gasteiger partial charge in [-0.1, -0.05) is 19.3 Å². The number of pyridine rings is 2. The summed E-state index contributed by atoms with van der Waals surface area (Å²) in [6.45, 7) is 0. The molecule has 28 heavy (non-hydrogen) atoms. The lowest BCUT2D eigenvalue weighted by molar-refractivity contribution is -0.390. The SMILES string of the molecule is CSc1cncc(-c2ccnc(-c3nc(C4CCCCC4)c([N+](=O)[O-])[nH]3)c2)c1. The Kier molecular flexibility index (Phi) is 5.38. The first-order chi connectivity index (χ1) is 13.7. The van der Waals surface area contributed by atoms with Crippen molar-refractivity contribution in [3.8, 4) is 22.6 Å². The molecule has 1 saturated carbocycles. The van der Waals surface area contributed by atoms with Gasteiger partial charge in [0.15, 0.2) is 0 Å². The summed E-state index contributed by atoms with van der Waals surface area (Å²) in [6.07, 6.45) is 12.6. The summed E-state index contributed by atoms with van der Waals surface area (Å²) in [6, 6.07) is 5.87. The predicted octanol–water partition coefficient (Wildman–Crippen LogP) is 5.21. The van der Waals surface area contributed by atoms with Crippen LogP contribution in [0.2, 0.25) is 0 Å². The van der Waals surface area contributed by atoms with E-state index in [0.717, 1.165) is 41.7 Å². The molecule has 0 aliphatic heterocycles. The quantitative estimate of drug-likeness (QED) is 0.362. The van der Waals surface area contributed by atoms with Crippen molar-refractivity contribution in [2.45, 2.75) is 42.9 Å². The van der Waals surface area contributed by atoms with E-state index in [1.165, 1.54) is 6.42 Å². The maximum absolute atomic E-state index is 11.6. The first-order valence-electron chi connectivity index (χ1n) is 9.36. The molecule has 0 bridgehead atoms. The predicted molar refractivity (Wildman–Crippen MR) is 109 cm³/mol. The number of nitrogens with zero attached hydrogens (tertiary/aromatic N) is 4. The number of hydrogen-bond donors (Lipinski definition) is 1. The molecule has 0 unspecified atom stereocenters. The van der Waals surface area contributed by atoms with Crippen molar-refractivity contribution in [3.05, 3.63) is 52.6 Å². The van der Waals surface area contributed by atoms with Crippen LogP contribution in [0.15, 0.2) is 41.7 Å². The van der Waals surface area contributed by atoms with Gasteiger partial charge in [-0.25, -0.2) is 9.97 Å². The summed E-state index contributed by atoms with van der Waals surface area (Å²) in [4.78, 5) is 28.5. The number of H-pyrrole nitrogens is 1. The maximum atomic E-state index is 11.6. The Bertz CT molecular complexity index is 998. The Balaban J connectivity index is 1.72. The Labute approximate surface area is 167 Å². The molecule has 0 aromatic carbocycles. The molecule has 0 spiro atoms. The maximum Gasteiger partial charge on any atom is 0.344 e. The zero-order valence-electron chi connectivity index (χ0n) is 15.6. The Hall–Kier alpha value is -2.74. The molecule has 3 aromatic heterocycles. The molecule has 3 heterocycles. The molecule has 3 aromatic rings. The van der Waals surface area contributed by atoms with Crippen LogP contribution in [0.1, 0.15) is 43.7 Å². The van der Waals surface area contributed by atoms with Crippen molar-refractivity contribution in [1.82, 2.24) is 19.9 Å². The van der Waals surface area contributed by atoms with E-state index < -0.39 is 0 Å². The van der Waals surface area contributed by atoms with Crippen LogP contribution >= 0.6 is 11.8 Å². The number of thioether (sulfide) groups is 1. The number of rotatable bonds is 5. The fourth-order valence-corrected chi connectivity index (χ4v) is 4.14. The van der Waals surface area contributed by atoms with E-state index in [4.69, 9.17) is 0 Å². The van der Waals surface area contributed by atoms with Crippen molar-refractivity contribution in [2.75, 3.05) is 6.26 Å². The van der Waals surface area contributed by atoms with E-state index in [9.17, 15) is 10.1 Å². The van der Waals surface area contributed by atoms with E-state index in [0.29, 0.717) is 17.2 Å². The number of aromatic nitrogens is 4. The third-order valence-corrected chi connectivity index (χ3v) is 5.87. The topological polar surface area (TPSA) is 97.6 Å². The standard InChI is InChI=1S/C20H21N5O2S/c1-28-16-9-15(11-21-12-16)14-7-8-22-17(10-14)19-23-18(20(24-19)25(26)27)13-5-3-2-4-6-13/h7-13H,2-6H2,1H3,(H,23,24). The lowest BCUT2D eigenvalue weighted by atomic mass is 9.87. The summed E-state index contributed by atoms with van der Waals surface area (Å²) in [5, 5.41) is 11.6. The highest BCUT2D eigenvalue weighted by molar-refractivity contribution is 7.98. The number of nitro groups is 1. The minimum absolute atomic E-state index is 0.000139. The van der Waals surface area contributed by atoms with Crippen LogP contribution in [0.3, 0.4) is 0 Å². The summed E-state index contributed by atoms with van der Waals surface area (Å²) < 4.78 is 0. The van der Waals surface area contributed by atoms with E-state index in [1.54, 1.807) is 24.2 Å². The molecular formula is C20H21N5O2S. The summed E-state index contributed by atoms with van der Waals surface area (Å²) in [5.41, 5.74) is 3.09. The second-order valence-electron chi connectivity index (χ2n) is 6.95. The van der Waals surface area contributed by atoms with Crippen LogP contribution in [0.25, 0.3) is 22.6 Å². The first kappa shape index (κ1) is 18.6. The van der Waals surface area contributed by atoms with Gasteiger partial charge in [-0.3, -0.25) is 9.97 Å². The van der Waals surface area contributed by atoms with Crippen molar-refractivity contribution in [1.29, 1.82) is 0 Å². The molecule has 1 N–H and O–H groups in total. The molecule has 0 saturated heterocycles. The zero-order chi connectivity index (χ0) is 19.5. The average Bonchev–Trinajstić information content (AvgIpc) is 3.20. The van der Waals surface area contributed by atoms with E-state index in [1.807, 2.05) is 24.6 Å². The average molecular weight is 395 g/mol. The van der Waals surface area contributed by atoms with Crippen LogP contribution < -0.4 is 0 Å². The molecule has 7 nitrogen and oxygen atoms in total. The van der Waals surface area contributed by atoms with Gasteiger partial charge in [-0.2, -0.15) is 0 Å². The zero-order valence-corrected chi connectivity index (χ0v) is 16.4. The fraction of sp³-hybridized carbons (Fsp3) is 0.350. The van der Waals surface area contributed by atoms with Crippen molar-refractivity contribution in [3.63, 3.8) is 0 Å². The third-order valence-electron chi connectivity index (χ3n) is 5.17. The third kappa shape index (κ3) is 3.77. The van der Waals surface area contributed by atoms with E-state index in [2.05, 4.69) is 26.0 Å². The van der Waals surface area contributed by atoms with Gasteiger partial charge in [-0.05, 0) is 47.8 Å². The summed E-state index contributed by atoms with van der Waals surface area (Å²) in [7, 11) is 0. The molecule has 1 fully saturated rings. The molecule has 0 atom stereocenters. The monoisotopic (exact) mass is 395 g/mol. The lowest BCUT2D eigenvalue weighted by Gasteiger charge is -2.18. The van der Waals surface area contributed by atoms with E-state index >= 15 is 0 Å². The largest absolute Gasteiger partial charge is 0.358 e. The van der Waals surface area contributed by atoms with Crippen LogP contribution in [-0.2, 0) is 0 Å². The van der Waals surface area contributed by atoms with Crippen LogP contribution in [0.4, 0.5) is 5.82 Å². The molecule has 4 rings (SSSR count). The molecule has 8 heteroatoms. The minimum atomic E-state index is -0.365. The van der Waals surface area contributed by atoms with Gasteiger partial charge in [0, 0.05) is 35.0 Å². The van der Waals surface area contributed by atoms with E-state index in [-0.39, 0.29) is 16.7 Å². The highest BCUT2D eigenvalue weighted by Crippen LogP contribution is 2.37. The van der Waals surface area contributed by atoms with Crippen molar-refractivity contribution >= 4 is 17.6 Å². The highest BCUT2D eigenvalue weighted by atomic mass is 32.2. The van der Waals surface area contributed by atoms with Crippen LogP contribution in [-0.4, -0.2) is 31.1 Å². The van der Waals surface area contributed by atoms with Gasteiger partial charge >= 0.3 is 5.82 Å². The highest BCUT2D eigenvalue weighted by Gasteiger charge is 2.29. The molecule has 0 radical (unpaired) electrons. The second-order valence-corrected chi connectivity index (χ2v) is 7.83. The Morgan fingerprint density at radius 3 is 2.75 bits per heavy atom. The molecule has 144 valence electrons. The summed E-state index contributed by atoms with van der Waals surface area (Å²) in [5.74, 6) is 0.591. The van der Waals surface area contributed by atoms with Gasteiger partial charge in [0.05, 0.1) is 0 Å². The van der Waals surface area contributed by atoms with Crippen LogP contribution in [0.5, 0.6) is 0 Å². The number of aromatic amines is 1.